The SMILES string of the molecule is O=[N+]([O-])c1cc(S(=O)(=O)N(CCO)C2CC2)ccc1F. The Morgan fingerprint density at radius 3 is 2.60 bits per heavy atom. The van der Waals surface area contributed by atoms with E-state index in [1.54, 1.807) is 0 Å². The number of aliphatic hydroxyl groups is 1. The Balaban J connectivity index is 2.42. The molecule has 1 aliphatic carbocycles. The highest BCUT2D eigenvalue weighted by molar-refractivity contribution is 7.89. The topological polar surface area (TPSA) is 101 Å². The molecule has 0 amide bonds. The zero-order valence-corrected chi connectivity index (χ0v) is 11.2. The second-order valence-corrected chi connectivity index (χ2v) is 6.33. The molecule has 20 heavy (non-hydrogen) atoms. The lowest BCUT2D eigenvalue weighted by atomic mass is 10.3. The van der Waals surface area contributed by atoms with Gasteiger partial charge in [-0.2, -0.15) is 8.70 Å². The first-order chi connectivity index (χ1) is 9.37. The quantitative estimate of drug-likeness (QED) is 0.621. The van der Waals surface area contributed by atoms with Crippen molar-refractivity contribution >= 4 is 15.7 Å². The summed E-state index contributed by atoms with van der Waals surface area (Å²) < 4.78 is 39.1. The van der Waals surface area contributed by atoms with Gasteiger partial charge in [-0.15, -0.1) is 0 Å². The Morgan fingerprint density at radius 2 is 2.10 bits per heavy atom. The summed E-state index contributed by atoms with van der Waals surface area (Å²) in [6, 6.07) is 2.26. The summed E-state index contributed by atoms with van der Waals surface area (Å²) in [5.41, 5.74) is -0.883. The molecule has 1 aromatic carbocycles. The van der Waals surface area contributed by atoms with Crippen molar-refractivity contribution in [3.8, 4) is 0 Å². The summed E-state index contributed by atoms with van der Waals surface area (Å²) in [7, 11) is -3.97. The highest BCUT2D eigenvalue weighted by atomic mass is 32.2. The molecule has 7 nitrogen and oxygen atoms in total. The Bertz CT molecular complexity index is 630. The van der Waals surface area contributed by atoms with E-state index in [0.717, 1.165) is 16.4 Å². The zero-order valence-electron chi connectivity index (χ0n) is 10.4. The van der Waals surface area contributed by atoms with E-state index in [-0.39, 0.29) is 24.1 Å². The van der Waals surface area contributed by atoms with E-state index in [4.69, 9.17) is 5.11 Å². The van der Waals surface area contributed by atoms with E-state index in [2.05, 4.69) is 0 Å². The fourth-order valence-electron chi connectivity index (χ4n) is 1.89. The molecule has 0 unspecified atom stereocenters. The van der Waals surface area contributed by atoms with Crippen LogP contribution in [0.15, 0.2) is 23.1 Å². The number of nitro groups is 1. The van der Waals surface area contributed by atoms with Gasteiger partial charge in [0.15, 0.2) is 0 Å². The lowest BCUT2D eigenvalue weighted by Gasteiger charge is -2.20. The van der Waals surface area contributed by atoms with Crippen LogP contribution in [-0.2, 0) is 10.0 Å². The number of halogens is 1. The molecule has 0 radical (unpaired) electrons. The first-order valence-corrected chi connectivity index (χ1v) is 7.38. The summed E-state index contributed by atoms with van der Waals surface area (Å²) in [5, 5.41) is 19.6. The molecule has 9 heteroatoms. The molecule has 1 N–H and O–H groups in total. The number of hydrogen-bond acceptors (Lipinski definition) is 5. The van der Waals surface area contributed by atoms with E-state index in [1.807, 2.05) is 0 Å². The molecule has 1 saturated carbocycles. The van der Waals surface area contributed by atoms with Gasteiger partial charge in [0.25, 0.3) is 0 Å². The third-order valence-electron chi connectivity index (χ3n) is 3.00. The number of sulfonamides is 1. The number of rotatable bonds is 6. The standard InChI is InChI=1S/C11H13FN2O5S/c12-10-4-3-9(7-11(10)14(16)17)20(18,19)13(5-6-15)8-1-2-8/h3-4,7-8,15H,1-2,5-6H2. The summed E-state index contributed by atoms with van der Waals surface area (Å²) in [6.07, 6.45) is 1.37. The summed E-state index contributed by atoms with van der Waals surface area (Å²) in [5.74, 6) is -1.09. The Labute approximate surface area is 114 Å². The first kappa shape index (κ1) is 14.8. The molecule has 2 rings (SSSR count). The van der Waals surface area contributed by atoms with E-state index < -0.39 is 26.5 Å². The Kier molecular flexibility index (Phi) is 4.02. The molecule has 1 aromatic rings. The van der Waals surface area contributed by atoms with Crippen molar-refractivity contribution in [3.63, 3.8) is 0 Å². The van der Waals surface area contributed by atoms with Gasteiger partial charge in [-0.3, -0.25) is 10.1 Å². The summed E-state index contributed by atoms with van der Waals surface area (Å²) >= 11 is 0. The van der Waals surface area contributed by atoms with Crippen LogP contribution in [0.2, 0.25) is 0 Å². The van der Waals surface area contributed by atoms with Gasteiger partial charge >= 0.3 is 5.69 Å². The predicted molar refractivity (Wildman–Crippen MR) is 67.1 cm³/mol. The minimum atomic E-state index is -3.97. The van der Waals surface area contributed by atoms with Crippen molar-refractivity contribution < 1.29 is 22.8 Å². The number of nitro benzene ring substituents is 1. The minimum Gasteiger partial charge on any atom is -0.395 e. The van der Waals surface area contributed by atoms with Crippen LogP contribution in [0.5, 0.6) is 0 Å². The molecule has 1 fully saturated rings. The molecular weight excluding hydrogens is 291 g/mol. The van der Waals surface area contributed by atoms with Gasteiger partial charge in [0.05, 0.1) is 16.4 Å². The van der Waals surface area contributed by atoms with Crippen molar-refractivity contribution in [3.05, 3.63) is 34.1 Å². The van der Waals surface area contributed by atoms with Gasteiger partial charge in [-0.1, -0.05) is 0 Å². The Morgan fingerprint density at radius 1 is 1.45 bits per heavy atom. The maximum Gasteiger partial charge on any atom is 0.306 e. The summed E-state index contributed by atoms with van der Waals surface area (Å²) in [4.78, 5) is 9.35. The highest BCUT2D eigenvalue weighted by Gasteiger charge is 2.38. The van der Waals surface area contributed by atoms with Crippen LogP contribution in [0.25, 0.3) is 0 Å². The third kappa shape index (κ3) is 2.79. The van der Waals surface area contributed by atoms with Gasteiger partial charge in [-0.05, 0) is 25.0 Å². The molecule has 1 aliphatic rings. The molecule has 0 aliphatic heterocycles. The second kappa shape index (κ2) is 5.43. The van der Waals surface area contributed by atoms with Gasteiger partial charge in [0.2, 0.25) is 15.8 Å². The normalized spacial score (nSPS) is 15.6. The van der Waals surface area contributed by atoms with E-state index >= 15 is 0 Å². The fourth-order valence-corrected chi connectivity index (χ4v) is 3.59. The van der Waals surface area contributed by atoms with Crippen LogP contribution in [0.3, 0.4) is 0 Å². The van der Waals surface area contributed by atoms with E-state index in [9.17, 15) is 22.9 Å². The van der Waals surface area contributed by atoms with Crippen LogP contribution < -0.4 is 0 Å². The predicted octanol–water partition coefficient (Wildman–Crippen LogP) is 0.879. The average Bonchev–Trinajstić information content (AvgIpc) is 3.19. The van der Waals surface area contributed by atoms with Crippen molar-refractivity contribution in [2.45, 2.75) is 23.8 Å². The van der Waals surface area contributed by atoms with Gasteiger partial charge in [0.1, 0.15) is 0 Å². The van der Waals surface area contributed by atoms with Crippen LogP contribution in [0, 0.1) is 15.9 Å². The monoisotopic (exact) mass is 304 g/mol. The molecular formula is C11H13FN2O5S. The van der Waals surface area contributed by atoms with Crippen molar-refractivity contribution in [2.24, 2.45) is 0 Å². The maximum atomic E-state index is 13.2. The van der Waals surface area contributed by atoms with Crippen LogP contribution >= 0.6 is 0 Å². The van der Waals surface area contributed by atoms with Gasteiger partial charge < -0.3 is 5.11 Å². The van der Waals surface area contributed by atoms with Crippen molar-refractivity contribution in [2.75, 3.05) is 13.2 Å². The average molecular weight is 304 g/mol. The number of benzene rings is 1. The van der Waals surface area contributed by atoms with Gasteiger partial charge in [-0.25, -0.2) is 8.42 Å². The maximum absolute atomic E-state index is 13.2. The Hall–Kier alpha value is -1.58. The molecule has 0 atom stereocenters. The number of aliphatic hydroxyl groups excluding tert-OH is 1. The lowest BCUT2D eigenvalue weighted by Crippen LogP contribution is -2.35. The van der Waals surface area contributed by atoms with Crippen LogP contribution in [-0.4, -0.2) is 41.9 Å². The first-order valence-electron chi connectivity index (χ1n) is 5.94. The van der Waals surface area contributed by atoms with E-state index in [0.29, 0.717) is 18.9 Å². The van der Waals surface area contributed by atoms with Gasteiger partial charge in [0, 0.05) is 18.7 Å². The molecule has 0 heterocycles. The number of hydrogen-bond donors (Lipinski definition) is 1. The smallest absolute Gasteiger partial charge is 0.306 e. The van der Waals surface area contributed by atoms with Crippen molar-refractivity contribution in [1.29, 1.82) is 0 Å². The number of nitrogens with zero attached hydrogens (tertiary/aromatic N) is 2. The van der Waals surface area contributed by atoms with Crippen LogP contribution in [0.1, 0.15) is 12.8 Å². The lowest BCUT2D eigenvalue weighted by molar-refractivity contribution is -0.387. The molecule has 0 bridgehead atoms. The highest BCUT2D eigenvalue weighted by Crippen LogP contribution is 2.33. The van der Waals surface area contributed by atoms with E-state index in [1.165, 1.54) is 0 Å². The third-order valence-corrected chi connectivity index (χ3v) is 4.94. The zero-order chi connectivity index (χ0) is 14.9. The molecule has 0 aromatic heterocycles. The second-order valence-electron chi connectivity index (χ2n) is 4.44. The molecule has 0 saturated heterocycles. The molecule has 110 valence electrons. The molecule has 0 spiro atoms. The van der Waals surface area contributed by atoms with Crippen molar-refractivity contribution in [1.82, 2.24) is 4.31 Å². The fraction of sp³-hybridized carbons (Fsp3) is 0.455. The van der Waals surface area contributed by atoms with Crippen LogP contribution in [0.4, 0.5) is 10.1 Å². The summed E-state index contributed by atoms with van der Waals surface area (Å²) in [6.45, 7) is -0.433. The largest absolute Gasteiger partial charge is 0.395 e. The minimum absolute atomic E-state index is 0.0851.